The SMILES string of the molecule is CCC(C)C(NC(=O)CNC(=O)C(Cc1ccccc1)NC(=O)C(N)CCSC)C(=O)O. The van der Waals surface area contributed by atoms with Crippen LogP contribution in [0.4, 0.5) is 0 Å². The number of carbonyl (C=O) groups excluding carboxylic acids is 3. The molecule has 0 aliphatic rings. The van der Waals surface area contributed by atoms with E-state index in [4.69, 9.17) is 5.73 Å². The molecule has 10 heteroatoms. The average molecular weight is 467 g/mol. The number of amides is 3. The number of hydrogen-bond acceptors (Lipinski definition) is 6. The zero-order valence-electron chi connectivity index (χ0n) is 18.8. The number of nitrogens with two attached hydrogens (primary N) is 1. The lowest BCUT2D eigenvalue weighted by atomic mass is 9.99. The molecular formula is C22H34N4O5S. The number of thioether (sulfide) groups is 1. The van der Waals surface area contributed by atoms with Crippen LogP contribution < -0.4 is 21.7 Å². The maximum absolute atomic E-state index is 12.8. The summed E-state index contributed by atoms with van der Waals surface area (Å²) in [5.41, 5.74) is 6.75. The Hall–Kier alpha value is -2.59. The minimum absolute atomic E-state index is 0.222. The lowest BCUT2D eigenvalue weighted by molar-refractivity contribution is -0.143. The molecular weight excluding hydrogens is 432 g/mol. The second kappa shape index (κ2) is 14.5. The zero-order valence-corrected chi connectivity index (χ0v) is 19.6. The Bertz CT molecular complexity index is 762. The highest BCUT2D eigenvalue weighted by Crippen LogP contribution is 2.08. The van der Waals surface area contributed by atoms with Crippen LogP contribution in [0, 0.1) is 5.92 Å². The minimum atomic E-state index is -1.13. The monoisotopic (exact) mass is 466 g/mol. The third kappa shape index (κ3) is 9.69. The maximum Gasteiger partial charge on any atom is 0.326 e. The van der Waals surface area contributed by atoms with E-state index in [1.165, 1.54) is 0 Å². The molecule has 0 heterocycles. The molecule has 9 nitrogen and oxygen atoms in total. The van der Waals surface area contributed by atoms with Gasteiger partial charge in [-0.1, -0.05) is 50.6 Å². The van der Waals surface area contributed by atoms with Crippen molar-refractivity contribution >= 4 is 35.5 Å². The third-order valence-electron chi connectivity index (χ3n) is 5.10. The molecule has 0 aromatic heterocycles. The van der Waals surface area contributed by atoms with Crippen molar-refractivity contribution in [3.63, 3.8) is 0 Å². The Morgan fingerprint density at radius 3 is 2.31 bits per heavy atom. The lowest BCUT2D eigenvalue weighted by Gasteiger charge is -2.22. The molecule has 0 saturated heterocycles. The first-order valence-electron chi connectivity index (χ1n) is 10.6. The van der Waals surface area contributed by atoms with Crippen LogP contribution >= 0.6 is 11.8 Å². The molecule has 0 aliphatic carbocycles. The van der Waals surface area contributed by atoms with Gasteiger partial charge in [0.05, 0.1) is 12.6 Å². The van der Waals surface area contributed by atoms with Gasteiger partial charge >= 0.3 is 5.97 Å². The molecule has 0 radical (unpaired) electrons. The normalized spacial score (nSPS) is 14.5. The number of aliphatic carboxylic acids is 1. The first kappa shape index (κ1) is 27.4. The van der Waals surface area contributed by atoms with Crippen LogP contribution in [0.15, 0.2) is 30.3 Å². The predicted molar refractivity (Wildman–Crippen MR) is 125 cm³/mol. The van der Waals surface area contributed by atoms with Gasteiger partial charge < -0.3 is 26.8 Å². The summed E-state index contributed by atoms with van der Waals surface area (Å²) in [7, 11) is 0. The van der Waals surface area contributed by atoms with Gasteiger partial charge in [-0.3, -0.25) is 14.4 Å². The summed E-state index contributed by atoms with van der Waals surface area (Å²) in [5, 5.41) is 16.9. The smallest absolute Gasteiger partial charge is 0.326 e. The van der Waals surface area contributed by atoms with Crippen molar-refractivity contribution in [3.8, 4) is 0 Å². The fourth-order valence-corrected chi connectivity index (χ4v) is 3.40. The van der Waals surface area contributed by atoms with Gasteiger partial charge in [0.1, 0.15) is 12.1 Å². The van der Waals surface area contributed by atoms with Gasteiger partial charge in [0.15, 0.2) is 0 Å². The topological polar surface area (TPSA) is 151 Å². The molecule has 3 amide bonds. The summed E-state index contributed by atoms with van der Waals surface area (Å²) in [6.45, 7) is 3.15. The molecule has 6 N–H and O–H groups in total. The molecule has 0 aliphatic heterocycles. The van der Waals surface area contributed by atoms with Crippen molar-refractivity contribution in [1.82, 2.24) is 16.0 Å². The summed E-state index contributed by atoms with van der Waals surface area (Å²) in [5.74, 6) is -2.29. The fourth-order valence-electron chi connectivity index (χ4n) is 2.91. The van der Waals surface area contributed by atoms with Crippen molar-refractivity contribution in [2.75, 3.05) is 18.6 Å². The van der Waals surface area contributed by atoms with Gasteiger partial charge in [0.2, 0.25) is 17.7 Å². The largest absolute Gasteiger partial charge is 0.480 e. The Morgan fingerprint density at radius 1 is 1.09 bits per heavy atom. The van der Waals surface area contributed by atoms with Crippen LogP contribution in [-0.2, 0) is 25.6 Å². The van der Waals surface area contributed by atoms with Crippen molar-refractivity contribution in [3.05, 3.63) is 35.9 Å². The van der Waals surface area contributed by atoms with Gasteiger partial charge in [-0.25, -0.2) is 4.79 Å². The summed E-state index contributed by atoms with van der Waals surface area (Å²) in [4.78, 5) is 48.8. The van der Waals surface area contributed by atoms with Crippen molar-refractivity contribution in [2.24, 2.45) is 11.7 Å². The highest BCUT2D eigenvalue weighted by atomic mass is 32.2. The molecule has 4 unspecified atom stereocenters. The van der Waals surface area contributed by atoms with Crippen molar-refractivity contribution in [2.45, 2.75) is 51.2 Å². The second-order valence-electron chi connectivity index (χ2n) is 7.63. The Balaban J connectivity index is 2.78. The first-order valence-corrected chi connectivity index (χ1v) is 12.0. The zero-order chi connectivity index (χ0) is 24.1. The highest BCUT2D eigenvalue weighted by molar-refractivity contribution is 7.98. The van der Waals surface area contributed by atoms with Gasteiger partial charge in [0, 0.05) is 6.42 Å². The van der Waals surface area contributed by atoms with E-state index >= 15 is 0 Å². The molecule has 32 heavy (non-hydrogen) atoms. The standard InChI is InChI=1S/C22H34N4O5S/c1-4-14(2)19(22(30)31)26-18(27)13-24-21(29)17(12-15-8-6-5-7-9-15)25-20(28)16(23)10-11-32-3/h5-9,14,16-17,19H,4,10-13,23H2,1-3H3,(H,24,29)(H,25,28)(H,26,27)(H,30,31). The Morgan fingerprint density at radius 2 is 1.75 bits per heavy atom. The average Bonchev–Trinajstić information content (AvgIpc) is 2.78. The van der Waals surface area contributed by atoms with Crippen LogP contribution in [-0.4, -0.2) is 65.5 Å². The molecule has 0 saturated carbocycles. The number of nitrogens with one attached hydrogen (secondary N) is 3. The molecule has 0 spiro atoms. The number of rotatable bonds is 14. The first-order chi connectivity index (χ1) is 15.2. The molecule has 1 aromatic rings. The number of benzene rings is 1. The summed E-state index contributed by atoms with van der Waals surface area (Å²) >= 11 is 1.57. The Labute approximate surface area is 193 Å². The number of carboxylic acid groups (broad SMARTS) is 1. The molecule has 178 valence electrons. The number of carboxylic acids is 1. The van der Waals surface area contributed by atoms with Crippen molar-refractivity contribution in [1.29, 1.82) is 0 Å². The van der Waals surface area contributed by atoms with E-state index in [-0.39, 0.29) is 12.3 Å². The van der Waals surface area contributed by atoms with Crippen molar-refractivity contribution < 1.29 is 24.3 Å². The quantitative estimate of drug-likeness (QED) is 0.268. The molecule has 0 bridgehead atoms. The summed E-state index contributed by atoms with van der Waals surface area (Å²) in [6.07, 6.45) is 3.18. The van der Waals surface area contributed by atoms with E-state index < -0.39 is 48.4 Å². The summed E-state index contributed by atoms with van der Waals surface area (Å²) < 4.78 is 0. The van der Waals surface area contributed by atoms with E-state index in [0.717, 1.165) is 5.56 Å². The van der Waals surface area contributed by atoms with E-state index in [9.17, 15) is 24.3 Å². The molecule has 4 atom stereocenters. The van der Waals surface area contributed by atoms with Crippen LogP contribution in [0.3, 0.4) is 0 Å². The maximum atomic E-state index is 12.8. The van der Waals surface area contributed by atoms with E-state index in [0.29, 0.717) is 18.6 Å². The van der Waals surface area contributed by atoms with Gasteiger partial charge in [-0.05, 0) is 29.9 Å². The fraction of sp³-hybridized carbons (Fsp3) is 0.545. The third-order valence-corrected chi connectivity index (χ3v) is 5.75. The van der Waals surface area contributed by atoms with Crippen LogP contribution in [0.1, 0.15) is 32.3 Å². The lowest BCUT2D eigenvalue weighted by Crippen LogP contribution is -2.54. The second-order valence-corrected chi connectivity index (χ2v) is 8.61. The molecule has 0 fully saturated rings. The Kier molecular flexibility index (Phi) is 12.4. The molecule has 1 aromatic carbocycles. The predicted octanol–water partition coefficient (Wildman–Crippen LogP) is 0.526. The van der Waals surface area contributed by atoms with E-state index in [1.807, 2.05) is 43.5 Å². The van der Waals surface area contributed by atoms with Crippen LogP contribution in [0.5, 0.6) is 0 Å². The van der Waals surface area contributed by atoms with Gasteiger partial charge in [-0.15, -0.1) is 0 Å². The van der Waals surface area contributed by atoms with Gasteiger partial charge in [0.25, 0.3) is 0 Å². The summed E-state index contributed by atoms with van der Waals surface area (Å²) in [6, 6.07) is 6.43. The van der Waals surface area contributed by atoms with E-state index in [1.54, 1.807) is 18.7 Å². The highest BCUT2D eigenvalue weighted by Gasteiger charge is 2.27. The minimum Gasteiger partial charge on any atom is -0.480 e. The number of hydrogen-bond donors (Lipinski definition) is 5. The van der Waals surface area contributed by atoms with Crippen LogP contribution in [0.25, 0.3) is 0 Å². The van der Waals surface area contributed by atoms with E-state index in [2.05, 4.69) is 16.0 Å². The van der Waals surface area contributed by atoms with Gasteiger partial charge in [-0.2, -0.15) is 11.8 Å². The van der Waals surface area contributed by atoms with Crippen LogP contribution in [0.2, 0.25) is 0 Å². The number of carbonyl (C=O) groups is 4. The molecule has 1 rings (SSSR count).